The maximum absolute atomic E-state index is 11.8. The minimum absolute atomic E-state index is 0.236. The average Bonchev–Trinajstić information content (AvgIpc) is 2.42. The van der Waals surface area contributed by atoms with Gasteiger partial charge in [0.1, 0.15) is 6.04 Å². The molecule has 0 spiro atoms. The van der Waals surface area contributed by atoms with Crippen molar-refractivity contribution >= 4 is 23.5 Å². The van der Waals surface area contributed by atoms with Crippen molar-refractivity contribution in [1.82, 2.24) is 5.32 Å². The molecule has 4 nitrogen and oxygen atoms in total. The summed E-state index contributed by atoms with van der Waals surface area (Å²) < 4.78 is 0. The number of amides is 1. The van der Waals surface area contributed by atoms with Crippen LogP contribution in [0, 0.1) is 0 Å². The number of carboxylic acid groups (broad SMARTS) is 1. The number of unbranched alkanes of at least 4 members (excludes halogenated alkanes) is 1. The van der Waals surface area contributed by atoms with Crippen LogP contribution in [-0.2, 0) is 16.0 Å². The smallest absolute Gasteiger partial charge is 0.326 e. The lowest BCUT2D eigenvalue weighted by Crippen LogP contribution is -2.40. The molecule has 0 aliphatic rings. The molecule has 1 atom stereocenters. The van der Waals surface area contributed by atoms with Crippen LogP contribution >= 0.6 is 11.6 Å². The molecule has 1 aromatic carbocycles. The number of aliphatic carboxylic acids is 1. The van der Waals surface area contributed by atoms with E-state index in [-0.39, 0.29) is 12.3 Å². The molecule has 0 aliphatic carbocycles. The van der Waals surface area contributed by atoms with Gasteiger partial charge in [0.05, 0.1) is 0 Å². The van der Waals surface area contributed by atoms with Gasteiger partial charge in [-0.1, -0.05) is 49.6 Å². The van der Waals surface area contributed by atoms with Crippen LogP contribution in [0.2, 0.25) is 5.02 Å². The lowest BCUT2D eigenvalue weighted by molar-refractivity contribution is -0.142. The molecule has 0 saturated carbocycles. The Bertz CT molecular complexity index is 462. The van der Waals surface area contributed by atoms with Gasteiger partial charge in [-0.15, -0.1) is 0 Å². The SMILES string of the molecule is CCCCC(NC(=O)CCc1ccccc1Cl)C(=O)O. The summed E-state index contributed by atoms with van der Waals surface area (Å²) in [6.07, 6.45) is 2.88. The summed E-state index contributed by atoms with van der Waals surface area (Å²) in [5.74, 6) is -1.24. The van der Waals surface area contributed by atoms with Crippen LogP contribution in [0.5, 0.6) is 0 Å². The van der Waals surface area contributed by atoms with Crippen LogP contribution in [0.4, 0.5) is 0 Å². The predicted octanol–water partition coefficient (Wildman–Crippen LogP) is 3.03. The summed E-state index contributed by atoms with van der Waals surface area (Å²) in [4.78, 5) is 22.8. The summed E-state index contributed by atoms with van der Waals surface area (Å²) in [5.41, 5.74) is 0.893. The van der Waals surface area contributed by atoms with Gasteiger partial charge >= 0.3 is 5.97 Å². The van der Waals surface area contributed by atoms with Gasteiger partial charge in [-0.2, -0.15) is 0 Å². The Balaban J connectivity index is 2.46. The average molecular weight is 298 g/mol. The fourth-order valence-electron chi connectivity index (χ4n) is 1.88. The van der Waals surface area contributed by atoms with E-state index < -0.39 is 12.0 Å². The Morgan fingerprint density at radius 3 is 2.65 bits per heavy atom. The topological polar surface area (TPSA) is 66.4 Å². The van der Waals surface area contributed by atoms with Gasteiger partial charge in [0.25, 0.3) is 0 Å². The van der Waals surface area contributed by atoms with E-state index in [4.69, 9.17) is 16.7 Å². The minimum Gasteiger partial charge on any atom is -0.480 e. The first kappa shape index (κ1) is 16.5. The van der Waals surface area contributed by atoms with Crippen molar-refractivity contribution in [1.29, 1.82) is 0 Å². The van der Waals surface area contributed by atoms with Crippen molar-refractivity contribution in [3.63, 3.8) is 0 Å². The van der Waals surface area contributed by atoms with Gasteiger partial charge < -0.3 is 10.4 Å². The third-order valence-corrected chi connectivity index (χ3v) is 3.43. The van der Waals surface area contributed by atoms with Crippen molar-refractivity contribution in [2.24, 2.45) is 0 Å². The largest absolute Gasteiger partial charge is 0.480 e. The Morgan fingerprint density at radius 2 is 2.05 bits per heavy atom. The van der Waals surface area contributed by atoms with Gasteiger partial charge in [-0.25, -0.2) is 4.79 Å². The third-order valence-electron chi connectivity index (χ3n) is 3.06. The van der Waals surface area contributed by atoms with E-state index >= 15 is 0 Å². The highest BCUT2D eigenvalue weighted by atomic mass is 35.5. The molecule has 0 fully saturated rings. The number of carboxylic acids is 1. The second-order valence-corrected chi connectivity index (χ2v) is 5.10. The fraction of sp³-hybridized carbons (Fsp3) is 0.467. The zero-order valence-electron chi connectivity index (χ0n) is 11.6. The van der Waals surface area contributed by atoms with E-state index in [0.717, 1.165) is 18.4 Å². The number of aryl methyl sites for hydroxylation is 1. The molecular weight excluding hydrogens is 278 g/mol. The summed E-state index contributed by atoms with van der Waals surface area (Å²) in [6.45, 7) is 1.98. The molecule has 5 heteroatoms. The zero-order chi connectivity index (χ0) is 15.0. The maximum atomic E-state index is 11.8. The standard InChI is InChI=1S/C15H20ClNO3/c1-2-3-8-13(15(19)20)17-14(18)10-9-11-6-4-5-7-12(11)16/h4-7,13H,2-3,8-10H2,1H3,(H,17,18)(H,19,20). The Morgan fingerprint density at radius 1 is 1.35 bits per heavy atom. The zero-order valence-corrected chi connectivity index (χ0v) is 12.3. The first-order chi connectivity index (χ1) is 9.54. The summed E-state index contributed by atoms with van der Waals surface area (Å²) in [5, 5.41) is 12.2. The number of hydrogen-bond donors (Lipinski definition) is 2. The Labute approximate surface area is 124 Å². The van der Waals surface area contributed by atoms with Crippen molar-refractivity contribution in [2.45, 2.75) is 45.1 Å². The van der Waals surface area contributed by atoms with E-state index in [1.54, 1.807) is 6.07 Å². The summed E-state index contributed by atoms with van der Waals surface area (Å²) in [6, 6.07) is 6.53. The van der Waals surface area contributed by atoms with Gasteiger partial charge in [0, 0.05) is 11.4 Å². The highest BCUT2D eigenvalue weighted by molar-refractivity contribution is 6.31. The van der Waals surface area contributed by atoms with Crippen molar-refractivity contribution in [2.75, 3.05) is 0 Å². The molecule has 110 valence electrons. The number of rotatable bonds is 8. The molecule has 20 heavy (non-hydrogen) atoms. The summed E-state index contributed by atoms with van der Waals surface area (Å²) >= 11 is 6.01. The van der Waals surface area contributed by atoms with Crippen LogP contribution in [-0.4, -0.2) is 23.0 Å². The van der Waals surface area contributed by atoms with Crippen LogP contribution in [0.1, 0.15) is 38.2 Å². The molecular formula is C15H20ClNO3. The first-order valence-corrected chi connectivity index (χ1v) is 7.18. The monoisotopic (exact) mass is 297 g/mol. The van der Waals surface area contributed by atoms with Crippen LogP contribution < -0.4 is 5.32 Å². The first-order valence-electron chi connectivity index (χ1n) is 6.80. The van der Waals surface area contributed by atoms with E-state index in [9.17, 15) is 9.59 Å². The number of benzene rings is 1. The number of carbonyl (C=O) groups is 2. The molecule has 1 amide bonds. The number of halogens is 1. The van der Waals surface area contributed by atoms with E-state index in [0.29, 0.717) is 17.9 Å². The van der Waals surface area contributed by atoms with Gasteiger partial charge in [-0.05, 0) is 24.5 Å². The van der Waals surface area contributed by atoms with Gasteiger partial charge in [0.15, 0.2) is 0 Å². The molecule has 2 N–H and O–H groups in total. The normalized spacial score (nSPS) is 11.9. The third kappa shape index (κ3) is 5.61. The molecule has 1 unspecified atom stereocenters. The van der Waals surface area contributed by atoms with Crippen LogP contribution in [0.25, 0.3) is 0 Å². The molecule has 1 aromatic rings. The van der Waals surface area contributed by atoms with E-state index in [1.165, 1.54) is 0 Å². The van der Waals surface area contributed by atoms with Crippen molar-refractivity contribution < 1.29 is 14.7 Å². The van der Waals surface area contributed by atoms with Crippen molar-refractivity contribution in [3.8, 4) is 0 Å². The second kappa shape index (κ2) is 8.59. The molecule has 0 heterocycles. The fourth-order valence-corrected chi connectivity index (χ4v) is 2.11. The van der Waals surface area contributed by atoms with Gasteiger partial charge in [-0.3, -0.25) is 4.79 Å². The van der Waals surface area contributed by atoms with Crippen molar-refractivity contribution in [3.05, 3.63) is 34.9 Å². The van der Waals surface area contributed by atoms with Gasteiger partial charge in [0.2, 0.25) is 5.91 Å². The Hall–Kier alpha value is -1.55. The van der Waals surface area contributed by atoms with E-state index in [1.807, 2.05) is 25.1 Å². The maximum Gasteiger partial charge on any atom is 0.326 e. The highest BCUT2D eigenvalue weighted by Crippen LogP contribution is 2.16. The minimum atomic E-state index is -0.982. The van der Waals surface area contributed by atoms with Crippen LogP contribution in [0.15, 0.2) is 24.3 Å². The number of hydrogen-bond acceptors (Lipinski definition) is 2. The quantitative estimate of drug-likeness (QED) is 0.775. The number of carbonyl (C=O) groups excluding carboxylic acids is 1. The molecule has 0 bridgehead atoms. The molecule has 0 saturated heterocycles. The lowest BCUT2D eigenvalue weighted by Gasteiger charge is -2.14. The lowest BCUT2D eigenvalue weighted by atomic mass is 10.1. The highest BCUT2D eigenvalue weighted by Gasteiger charge is 2.18. The molecule has 1 rings (SSSR count). The Kier molecular flexibility index (Phi) is 7.09. The number of nitrogens with one attached hydrogen (secondary N) is 1. The second-order valence-electron chi connectivity index (χ2n) is 4.69. The summed E-state index contributed by atoms with van der Waals surface area (Å²) in [7, 11) is 0. The molecule has 0 aliphatic heterocycles. The molecule has 0 radical (unpaired) electrons. The predicted molar refractivity (Wildman–Crippen MR) is 78.9 cm³/mol. The molecule has 0 aromatic heterocycles. The van der Waals surface area contributed by atoms with E-state index in [2.05, 4.69) is 5.32 Å². The van der Waals surface area contributed by atoms with Crippen LogP contribution in [0.3, 0.4) is 0 Å².